The summed E-state index contributed by atoms with van der Waals surface area (Å²) >= 11 is 4.78. The van der Waals surface area contributed by atoms with Crippen molar-refractivity contribution in [3.8, 4) is 0 Å². The molecule has 0 spiro atoms. The van der Waals surface area contributed by atoms with Crippen molar-refractivity contribution >= 4 is 28.9 Å². The minimum Gasteiger partial charge on any atom is -0.461 e. The maximum Gasteiger partial charge on any atom is 0.366 e. The van der Waals surface area contributed by atoms with Crippen LogP contribution in [-0.4, -0.2) is 17.6 Å². The molecule has 0 aliphatic rings. The van der Waals surface area contributed by atoms with Crippen LogP contribution in [0.15, 0.2) is 24.3 Å². The van der Waals surface area contributed by atoms with Crippen molar-refractivity contribution in [3.63, 3.8) is 0 Å². The molecular weight excluding hydrogens is 217 g/mol. The largest absolute Gasteiger partial charge is 0.461 e. The van der Waals surface area contributed by atoms with E-state index < -0.39 is 5.97 Å². The minimum atomic E-state index is -0.586. The highest BCUT2D eigenvalue weighted by Gasteiger charge is 2.09. The maximum atomic E-state index is 12.6. The summed E-state index contributed by atoms with van der Waals surface area (Å²) in [5.41, 5.74) is 0.550. The van der Waals surface area contributed by atoms with E-state index in [4.69, 9.17) is 12.2 Å². The number of anilines is 1. The Morgan fingerprint density at radius 3 is 2.60 bits per heavy atom. The molecule has 0 aromatic heterocycles. The lowest BCUT2D eigenvalue weighted by molar-refractivity contribution is -0.134. The highest BCUT2D eigenvalue weighted by atomic mass is 32.1. The van der Waals surface area contributed by atoms with Crippen LogP contribution in [0.4, 0.5) is 10.1 Å². The topological polar surface area (TPSA) is 38.3 Å². The fourth-order valence-electron chi connectivity index (χ4n) is 0.912. The lowest BCUT2D eigenvalue weighted by atomic mass is 10.3. The number of nitrogens with one attached hydrogen (secondary N) is 1. The van der Waals surface area contributed by atoms with Gasteiger partial charge in [0, 0.05) is 5.69 Å². The van der Waals surface area contributed by atoms with E-state index >= 15 is 0 Å². The monoisotopic (exact) mass is 227 g/mol. The molecule has 15 heavy (non-hydrogen) atoms. The van der Waals surface area contributed by atoms with Crippen LogP contribution in [0.25, 0.3) is 0 Å². The minimum absolute atomic E-state index is 0.0385. The first-order valence-electron chi connectivity index (χ1n) is 4.37. The number of ether oxygens (including phenoxy) is 1. The van der Waals surface area contributed by atoms with Crippen LogP contribution in [0.1, 0.15) is 6.92 Å². The molecule has 3 nitrogen and oxygen atoms in total. The number of halogens is 1. The lowest BCUT2D eigenvalue weighted by Gasteiger charge is -2.06. The molecule has 0 saturated heterocycles. The Morgan fingerprint density at radius 2 is 2.07 bits per heavy atom. The first-order chi connectivity index (χ1) is 7.13. The Balaban J connectivity index is 2.58. The van der Waals surface area contributed by atoms with Crippen LogP contribution in [0.5, 0.6) is 0 Å². The number of esters is 1. The lowest BCUT2D eigenvalue weighted by Crippen LogP contribution is -2.23. The Kier molecular flexibility index (Phi) is 4.17. The van der Waals surface area contributed by atoms with Gasteiger partial charge in [-0.2, -0.15) is 0 Å². The summed E-state index contributed by atoms with van der Waals surface area (Å²) in [5.74, 6) is -0.931. The number of hydrogen-bond acceptors (Lipinski definition) is 3. The molecule has 1 aromatic rings. The molecule has 0 atom stereocenters. The Labute approximate surface area is 92.2 Å². The molecule has 0 heterocycles. The van der Waals surface area contributed by atoms with Gasteiger partial charge >= 0.3 is 5.97 Å². The smallest absolute Gasteiger partial charge is 0.366 e. The average molecular weight is 227 g/mol. The molecule has 0 fully saturated rings. The van der Waals surface area contributed by atoms with E-state index in [0.29, 0.717) is 5.69 Å². The van der Waals surface area contributed by atoms with E-state index in [9.17, 15) is 9.18 Å². The fourth-order valence-corrected chi connectivity index (χ4v) is 1.09. The first kappa shape index (κ1) is 11.6. The van der Waals surface area contributed by atoms with E-state index in [0.717, 1.165) is 0 Å². The van der Waals surface area contributed by atoms with Gasteiger partial charge in [-0.1, -0.05) is 12.2 Å². The molecule has 80 valence electrons. The summed E-state index contributed by atoms with van der Waals surface area (Å²) < 4.78 is 17.2. The fraction of sp³-hybridized carbons (Fsp3) is 0.200. The third-order valence-corrected chi connectivity index (χ3v) is 1.83. The van der Waals surface area contributed by atoms with Gasteiger partial charge in [-0.3, -0.25) is 0 Å². The van der Waals surface area contributed by atoms with Crippen molar-refractivity contribution < 1.29 is 13.9 Å². The van der Waals surface area contributed by atoms with Gasteiger partial charge in [-0.05, 0) is 31.2 Å². The Morgan fingerprint density at radius 1 is 1.47 bits per heavy atom. The van der Waals surface area contributed by atoms with Gasteiger partial charge in [0.15, 0.2) is 4.99 Å². The normalized spacial score (nSPS) is 9.47. The van der Waals surface area contributed by atoms with Crippen LogP contribution in [0, 0.1) is 5.82 Å². The zero-order valence-corrected chi connectivity index (χ0v) is 8.94. The van der Waals surface area contributed by atoms with Gasteiger partial charge in [-0.15, -0.1) is 0 Å². The van der Waals surface area contributed by atoms with Gasteiger partial charge in [0.25, 0.3) is 0 Å². The van der Waals surface area contributed by atoms with Crippen LogP contribution >= 0.6 is 12.2 Å². The molecule has 0 amide bonds. The summed E-state index contributed by atoms with van der Waals surface area (Å²) in [7, 11) is 0. The van der Waals surface area contributed by atoms with Gasteiger partial charge in [0.2, 0.25) is 0 Å². The number of benzene rings is 1. The summed E-state index contributed by atoms with van der Waals surface area (Å²) in [6.45, 7) is 1.96. The standard InChI is InChI=1S/C10H10FNO2S/c1-2-14-10(13)9(15)12-8-5-3-7(11)4-6-8/h3-6H,2H2,1H3,(H,12,15). The number of carbonyl (C=O) groups is 1. The highest BCUT2D eigenvalue weighted by Crippen LogP contribution is 2.08. The molecule has 0 bridgehead atoms. The van der Waals surface area contributed by atoms with Gasteiger partial charge in [-0.25, -0.2) is 9.18 Å². The molecule has 0 aliphatic carbocycles. The van der Waals surface area contributed by atoms with E-state index in [2.05, 4.69) is 10.1 Å². The number of carbonyl (C=O) groups excluding carboxylic acids is 1. The summed E-state index contributed by atoms with van der Waals surface area (Å²) in [6, 6.07) is 5.52. The molecule has 1 aromatic carbocycles. The quantitative estimate of drug-likeness (QED) is 0.620. The second-order valence-corrected chi connectivity index (χ2v) is 3.09. The van der Waals surface area contributed by atoms with Crippen LogP contribution in [0.3, 0.4) is 0 Å². The average Bonchev–Trinajstić information content (AvgIpc) is 2.22. The molecular formula is C10H10FNO2S. The summed E-state index contributed by atoms with van der Waals surface area (Å²) in [4.78, 5) is 11.1. The second kappa shape index (κ2) is 5.41. The molecule has 0 unspecified atom stereocenters. The van der Waals surface area contributed by atoms with E-state index in [1.165, 1.54) is 24.3 Å². The predicted molar refractivity (Wildman–Crippen MR) is 59.3 cm³/mol. The van der Waals surface area contributed by atoms with Gasteiger partial charge < -0.3 is 10.1 Å². The van der Waals surface area contributed by atoms with Crippen molar-refractivity contribution in [2.24, 2.45) is 0 Å². The van der Waals surface area contributed by atoms with Crippen molar-refractivity contribution in [2.75, 3.05) is 11.9 Å². The van der Waals surface area contributed by atoms with E-state index in [-0.39, 0.29) is 17.4 Å². The zero-order valence-electron chi connectivity index (χ0n) is 8.12. The summed E-state index contributed by atoms with van der Waals surface area (Å²) in [6.07, 6.45) is 0. The molecule has 1 rings (SSSR count). The number of hydrogen-bond donors (Lipinski definition) is 1. The van der Waals surface area contributed by atoms with E-state index in [1.807, 2.05) is 0 Å². The molecule has 0 aliphatic heterocycles. The third-order valence-electron chi connectivity index (χ3n) is 1.56. The molecule has 0 saturated carbocycles. The third kappa shape index (κ3) is 3.63. The second-order valence-electron chi connectivity index (χ2n) is 2.68. The SMILES string of the molecule is CCOC(=O)C(=S)Nc1ccc(F)cc1. The Hall–Kier alpha value is -1.49. The van der Waals surface area contributed by atoms with Crippen molar-refractivity contribution in [2.45, 2.75) is 6.92 Å². The van der Waals surface area contributed by atoms with E-state index in [1.54, 1.807) is 6.92 Å². The highest BCUT2D eigenvalue weighted by molar-refractivity contribution is 7.82. The number of thiocarbonyl (C=S) groups is 1. The van der Waals surface area contributed by atoms with Crippen LogP contribution < -0.4 is 5.32 Å². The number of rotatable bonds is 2. The Bertz CT molecular complexity index is 364. The zero-order chi connectivity index (χ0) is 11.3. The summed E-state index contributed by atoms with van der Waals surface area (Å²) in [5, 5.41) is 2.64. The maximum absolute atomic E-state index is 12.6. The van der Waals surface area contributed by atoms with Crippen LogP contribution in [-0.2, 0) is 9.53 Å². The van der Waals surface area contributed by atoms with Crippen molar-refractivity contribution in [3.05, 3.63) is 30.1 Å². The van der Waals surface area contributed by atoms with Gasteiger partial charge in [0.1, 0.15) is 5.82 Å². The first-order valence-corrected chi connectivity index (χ1v) is 4.78. The van der Waals surface area contributed by atoms with Crippen LogP contribution in [0.2, 0.25) is 0 Å². The van der Waals surface area contributed by atoms with Gasteiger partial charge in [0.05, 0.1) is 6.61 Å². The van der Waals surface area contributed by atoms with Crippen molar-refractivity contribution in [1.29, 1.82) is 0 Å². The van der Waals surface area contributed by atoms with Crippen molar-refractivity contribution in [1.82, 2.24) is 0 Å². The molecule has 1 N–H and O–H groups in total. The predicted octanol–water partition coefficient (Wildman–Crippen LogP) is 2.13. The molecule has 5 heteroatoms. The molecule has 0 radical (unpaired) electrons.